The molecule has 2 heterocycles. The van der Waals surface area contributed by atoms with Crippen molar-refractivity contribution in [3.8, 4) is 0 Å². The average molecular weight is 513 g/mol. The van der Waals surface area contributed by atoms with Crippen LogP contribution < -0.4 is 11.2 Å². The Morgan fingerprint density at radius 1 is 1.26 bits per heavy atom. The van der Waals surface area contributed by atoms with Crippen LogP contribution in [0, 0.1) is 0 Å². The lowest BCUT2D eigenvalue weighted by Crippen LogP contribution is -2.47. The van der Waals surface area contributed by atoms with E-state index >= 15 is 0 Å². The number of nitrogens with one attached hydrogen (secondary N) is 1. The first-order chi connectivity index (χ1) is 15.6. The zero-order chi connectivity index (χ0) is 25.9. The molecule has 0 radical (unpaired) electrons. The molecular weight excluding hydrogens is 468 g/mol. The van der Waals surface area contributed by atoms with E-state index in [0.29, 0.717) is 25.2 Å². The van der Waals surface area contributed by atoms with Gasteiger partial charge in [0, 0.05) is 12.6 Å². The zero-order valence-corrected chi connectivity index (χ0v) is 24.6. The normalized spacial score (nSPS) is 22.7. The lowest BCUT2D eigenvalue weighted by molar-refractivity contribution is -0.0402. The smallest absolute Gasteiger partial charge is 0.330 e. The molecule has 1 aliphatic heterocycles. The number of H-pyrrole nitrogens is 1. The summed E-state index contributed by atoms with van der Waals surface area (Å²) in [5.41, 5.74) is -0.602. The van der Waals surface area contributed by atoms with Crippen LogP contribution in [-0.4, -0.2) is 52.3 Å². The van der Waals surface area contributed by atoms with Gasteiger partial charge in [-0.15, -0.1) is 6.58 Å². The van der Waals surface area contributed by atoms with Crippen LogP contribution in [0.25, 0.3) is 0 Å². The van der Waals surface area contributed by atoms with E-state index in [1.807, 2.05) is 0 Å². The lowest BCUT2D eigenvalue weighted by atomic mass is 10.2. The first-order valence-electron chi connectivity index (χ1n) is 12.0. The summed E-state index contributed by atoms with van der Waals surface area (Å²) >= 11 is 0. The maximum Gasteiger partial charge on any atom is 0.330 e. The first-order valence-corrected chi connectivity index (χ1v) is 17.2. The summed E-state index contributed by atoms with van der Waals surface area (Å²) in [5, 5.41) is 0.165. The van der Waals surface area contributed by atoms with Crippen molar-refractivity contribution in [2.75, 3.05) is 13.2 Å². The van der Waals surface area contributed by atoms with Crippen LogP contribution in [-0.2, 0) is 24.9 Å². The predicted molar refractivity (Wildman–Crippen MR) is 140 cm³/mol. The van der Waals surface area contributed by atoms with Crippen molar-refractivity contribution < 1.29 is 18.3 Å². The van der Waals surface area contributed by atoms with Crippen molar-refractivity contribution in [1.29, 1.82) is 0 Å². The highest BCUT2D eigenvalue weighted by atomic mass is 28.4. The fraction of sp³-hybridized carbons (Fsp3) is 0.750. The lowest BCUT2D eigenvalue weighted by Gasteiger charge is -2.39. The van der Waals surface area contributed by atoms with Crippen LogP contribution in [0.3, 0.4) is 0 Å². The fourth-order valence-electron chi connectivity index (χ4n) is 3.29. The minimum atomic E-state index is -2.09. The van der Waals surface area contributed by atoms with Gasteiger partial charge in [0.25, 0.3) is 5.56 Å². The summed E-state index contributed by atoms with van der Waals surface area (Å²) in [6, 6.07) is 0. The molecule has 1 fully saturated rings. The van der Waals surface area contributed by atoms with Crippen LogP contribution in [0.2, 0.25) is 29.7 Å². The number of rotatable bonds is 10. The number of aromatic nitrogens is 2. The van der Waals surface area contributed by atoms with Crippen molar-refractivity contribution in [3.05, 3.63) is 45.3 Å². The molecule has 194 valence electrons. The Kier molecular flexibility index (Phi) is 9.51. The number of hydrogen-bond donors (Lipinski definition) is 1. The van der Waals surface area contributed by atoms with Crippen LogP contribution in [0.4, 0.5) is 0 Å². The van der Waals surface area contributed by atoms with Crippen molar-refractivity contribution in [1.82, 2.24) is 9.55 Å². The van der Waals surface area contributed by atoms with Gasteiger partial charge in [-0.2, -0.15) is 0 Å². The molecule has 0 aliphatic carbocycles. The van der Waals surface area contributed by atoms with Crippen LogP contribution in [0.15, 0.2) is 28.4 Å². The van der Waals surface area contributed by atoms with E-state index in [1.54, 1.807) is 6.08 Å². The average Bonchev–Trinajstić information content (AvgIpc) is 3.07. The van der Waals surface area contributed by atoms with Gasteiger partial charge in [-0.05, 0) is 29.7 Å². The van der Waals surface area contributed by atoms with Gasteiger partial charge in [-0.3, -0.25) is 14.3 Å². The van der Waals surface area contributed by atoms with E-state index < -0.39 is 34.8 Å². The van der Waals surface area contributed by atoms with E-state index in [-0.39, 0.29) is 28.9 Å². The van der Waals surface area contributed by atoms with Gasteiger partial charge in [-0.25, -0.2) is 4.79 Å². The third-order valence-corrected chi connectivity index (χ3v) is 14.6. The van der Waals surface area contributed by atoms with E-state index in [2.05, 4.69) is 72.7 Å². The fourth-order valence-corrected chi connectivity index (χ4v) is 5.62. The van der Waals surface area contributed by atoms with Crippen LogP contribution in [0.5, 0.6) is 0 Å². The molecule has 0 spiro atoms. The minimum Gasteiger partial charge on any atom is -0.417 e. The van der Waals surface area contributed by atoms with Gasteiger partial charge < -0.3 is 18.3 Å². The first kappa shape index (κ1) is 28.9. The zero-order valence-electron chi connectivity index (χ0n) is 22.4. The highest BCUT2D eigenvalue weighted by Crippen LogP contribution is 2.41. The molecule has 1 aromatic rings. The standard InChI is InChI=1S/C24H44N2O6Si2/c1-11-12-29-15-17-14-26(22(28)25-21(17)27)20-13-18(32-34(9,10)24(5,6)7)19(31-20)16-30-33(8)23(2,3)4/h11,14,18-20,33H,1,12-13,15-16H2,2-10H3,(H,25,27,28)/t18-,19-,20-,33?/m1/s1. The predicted octanol–water partition coefficient (Wildman–Crippen LogP) is 4.09. The molecule has 34 heavy (non-hydrogen) atoms. The van der Waals surface area contributed by atoms with Gasteiger partial charge in [-0.1, -0.05) is 47.6 Å². The van der Waals surface area contributed by atoms with Crippen molar-refractivity contribution in [2.45, 2.75) is 103 Å². The van der Waals surface area contributed by atoms with Gasteiger partial charge in [0.1, 0.15) is 12.3 Å². The third-order valence-electron chi connectivity index (χ3n) is 7.01. The van der Waals surface area contributed by atoms with E-state index in [9.17, 15) is 9.59 Å². The molecule has 4 atom stereocenters. The van der Waals surface area contributed by atoms with Crippen LogP contribution >= 0.6 is 0 Å². The SMILES string of the molecule is C=CCOCc1cn([C@H]2C[C@@H](O[Si](C)(C)C(C)(C)C)[C@@H](CO[SiH](C)C(C)(C)C)O2)c(=O)[nH]c1=O. The Hall–Kier alpha value is -1.31. The highest BCUT2D eigenvalue weighted by Gasteiger charge is 2.45. The maximum atomic E-state index is 12.7. The molecule has 0 aromatic carbocycles. The van der Waals surface area contributed by atoms with Crippen molar-refractivity contribution >= 4 is 17.4 Å². The second-order valence-electron chi connectivity index (χ2n) is 11.7. The summed E-state index contributed by atoms with van der Waals surface area (Å²) in [6.07, 6.45) is 2.60. The molecule has 1 aromatic heterocycles. The molecule has 1 unspecified atom stereocenters. The monoisotopic (exact) mass is 512 g/mol. The molecule has 1 saturated heterocycles. The summed E-state index contributed by atoms with van der Waals surface area (Å²) in [5.74, 6) is 0. The molecule has 8 nitrogen and oxygen atoms in total. The van der Waals surface area contributed by atoms with Crippen molar-refractivity contribution in [3.63, 3.8) is 0 Å². The Morgan fingerprint density at radius 3 is 2.47 bits per heavy atom. The van der Waals surface area contributed by atoms with E-state index in [1.165, 1.54) is 10.8 Å². The largest absolute Gasteiger partial charge is 0.417 e. The van der Waals surface area contributed by atoms with E-state index in [4.69, 9.17) is 18.3 Å². The Morgan fingerprint density at radius 2 is 1.91 bits per heavy atom. The summed E-state index contributed by atoms with van der Waals surface area (Å²) in [4.78, 5) is 27.3. The van der Waals surface area contributed by atoms with Crippen LogP contribution in [0.1, 0.15) is 59.8 Å². The van der Waals surface area contributed by atoms with Gasteiger partial charge >= 0.3 is 5.69 Å². The third kappa shape index (κ3) is 7.35. The van der Waals surface area contributed by atoms with E-state index in [0.717, 1.165) is 0 Å². The summed E-state index contributed by atoms with van der Waals surface area (Å²) in [6.45, 7) is 24.3. The number of hydrogen-bond acceptors (Lipinski definition) is 6. The molecule has 0 bridgehead atoms. The molecule has 10 heteroatoms. The summed E-state index contributed by atoms with van der Waals surface area (Å²) < 4.78 is 26.3. The van der Waals surface area contributed by atoms with Crippen molar-refractivity contribution in [2.24, 2.45) is 0 Å². The number of ether oxygens (including phenoxy) is 2. The molecule has 0 saturated carbocycles. The molecule has 1 N–H and O–H groups in total. The molecule has 2 rings (SSSR count). The maximum absolute atomic E-state index is 12.7. The van der Waals surface area contributed by atoms with Gasteiger partial charge in [0.15, 0.2) is 17.4 Å². The minimum absolute atomic E-state index is 0.0361. The van der Waals surface area contributed by atoms with Gasteiger partial charge in [0.05, 0.1) is 31.5 Å². The Bertz CT molecular complexity index is 944. The quantitative estimate of drug-likeness (QED) is 0.288. The molecule has 1 aliphatic rings. The topological polar surface area (TPSA) is 91.8 Å². The summed E-state index contributed by atoms with van der Waals surface area (Å²) in [7, 11) is -3.55. The molecule has 0 amide bonds. The van der Waals surface area contributed by atoms with Gasteiger partial charge in [0.2, 0.25) is 0 Å². The second-order valence-corrected chi connectivity index (χ2v) is 19.9. The second kappa shape index (κ2) is 11.2. The number of aromatic amines is 1. The Balaban J connectivity index is 2.31. The molecular formula is C24H44N2O6Si2. The number of nitrogens with zero attached hydrogens (tertiary/aromatic N) is 1. The highest BCUT2D eigenvalue weighted by molar-refractivity contribution is 6.74. The Labute approximate surface area is 206 Å².